The van der Waals surface area contributed by atoms with E-state index in [2.05, 4.69) is 27.7 Å². The molecular weight excluding hydrogens is 452 g/mol. The third kappa shape index (κ3) is 5.10. The molecule has 0 bridgehead atoms. The largest absolute Gasteiger partial charge is 0.351 e. The molecule has 0 radical (unpaired) electrons. The molecule has 2 fully saturated rings. The van der Waals surface area contributed by atoms with Crippen molar-refractivity contribution in [3.8, 4) is 0 Å². The first-order chi connectivity index (χ1) is 16.3. The Morgan fingerprint density at radius 3 is 2.41 bits per heavy atom. The molecule has 2 aromatic carbocycles. The number of rotatable bonds is 6. The maximum atomic E-state index is 13.0. The van der Waals surface area contributed by atoms with Crippen molar-refractivity contribution in [1.82, 2.24) is 20.4 Å². The van der Waals surface area contributed by atoms with Crippen molar-refractivity contribution < 1.29 is 14.4 Å². The molecule has 3 atom stereocenters. The van der Waals surface area contributed by atoms with E-state index in [-0.39, 0.29) is 36.2 Å². The van der Waals surface area contributed by atoms with Crippen LogP contribution in [0.4, 0.5) is 0 Å². The van der Waals surface area contributed by atoms with Crippen LogP contribution in [0.2, 0.25) is 5.02 Å². The number of nitrogens with one attached hydrogen (secondary N) is 2. The summed E-state index contributed by atoms with van der Waals surface area (Å²) in [5.74, 6) is -0.172. The molecule has 2 aromatic rings. The first-order valence-corrected chi connectivity index (χ1v) is 12.0. The van der Waals surface area contributed by atoms with E-state index in [1.165, 1.54) is 6.92 Å². The standard InChI is InChI=1S/C26H31ClN4O3/c1-18(32)29-26-16-30(19(2)33)13-12-22(26)25(20-8-4-3-5-9-20)31(17-26)15-24(34)28-14-21-10-6-7-11-23(21)27/h3-11,22,25H,12-17H2,1-2H3,(H,28,34)(H,29,32)/t22-,25-,26-/m1/s1. The summed E-state index contributed by atoms with van der Waals surface area (Å²) in [6.07, 6.45) is 0.747. The Morgan fingerprint density at radius 1 is 1.03 bits per heavy atom. The second-order valence-electron chi connectivity index (χ2n) is 9.30. The highest BCUT2D eigenvalue weighted by molar-refractivity contribution is 6.31. The molecule has 0 saturated carbocycles. The van der Waals surface area contributed by atoms with E-state index in [0.717, 1.165) is 17.5 Å². The zero-order valence-electron chi connectivity index (χ0n) is 19.6. The van der Waals surface area contributed by atoms with E-state index in [9.17, 15) is 14.4 Å². The molecule has 7 nitrogen and oxygen atoms in total. The first-order valence-electron chi connectivity index (χ1n) is 11.6. The minimum Gasteiger partial charge on any atom is -0.351 e. The lowest BCUT2D eigenvalue weighted by Gasteiger charge is -2.45. The predicted octanol–water partition coefficient (Wildman–Crippen LogP) is 2.76. The molecule has 2 saturated heterocycles. The van der Waals surface area contributed by atoms with E-state index in [1.807, 2.05) is 36.4 Å². The molecule has 2 aliphatic heterocycles. The zero-order chi connectivity index (χ0) is 24.3. The number of carbonyl (C=O) groups is 3. The summed E-state index contributed by atoms with van der Waals surface area (Å²) in [7, 11) is 0. The molecule has 2 heterocycles. The molecule has 0 unspecified atom stereocenters. The quantitative estimate of drug-likeness (QED) is 0.663. The van der Waals surface area contributed by atoms with Crippen molar-refractivity contribution in [3.63, 3.8) is 0 Å². The predicted molar refractivity (Wildman–Crippen MR) is 131 cm³/mol. The van der Waals surface area contributed by atoms with Crippen LogP contribution >= 0.6 is 11.6 Å². The molecule has 8 heteroatoms. The maximum Gasteiger partial charge on any atom is 0.234 e. The highest BCUT2D eigenvalue weighted by Crippen LogP contribution is 2.47. The van der Waals surface area contributed by atoms with Gasteiger partial charge in [0.05, 0.1) is 12.1 Å². The number of hydrogen-bond donors (Lipinski definition) is 2. The highest BCUT2D eigenvalue weighted by Gasteiger charge is 2.56. The second-order valence-corrected chi connectivity index (χ2v) is 9.71. The van der Waals surface area contributed by atoms with Gasteiger partial charge in [-0.3, -0.25) is 19.3 Å². The van der Waals surface area contributed by atoms with Gasteiger partial charge >= 0.3 is 0 Å². The number of carbonyl (C=O) groups excluding carboxylic acids is 3. The summed E-state index contributed by atoms with van der Waals surface area (Å²) in [5.41, 5.74) is 1.35. The molecule has 4 rings (SSSR count). The number of halogens is 1. The zero-order valence-corrected chi connectivity index (χ0v) is 20.3. The topological polar surface area (TPSA) is 81.8 Å². The van der Waals surface area contributed by atoms with Crippen molar-refractivity contribution in [2.75, 3.05) is 26.2 Å². The Morgan fingerprint density at radius 2 is 1.74 bits per heavy atom. The van der Waals surface area contributed by atoms with Crippen LogP contribution in [0.5, 0.6) is 0 Å². The molecular formula is C26H31ClN4O3. The van der Waals surface area contributed by atoms with E-state index in [0.29, 0.717) is 31.2 Å². The van der Waals surface area contributed by atoms with Gasteiger partial charge in [0.1, 0.15) is 0 Å². The highest BCUT2D eigenvalue weighted by atomic mass is 35.5. The summed E-state index contributed by atoms with van der Waals surface area (Å²) >= 11 is 6.24. The lowest BCUT2D eigenvalue weighted by molar-refractivity contribution is -0.134. The fourth-order valence-corrected chi connectivity index (χ4v) is 5.77. The first kappa shape index (κ1) is 24.2. The average Bonchev–Trinajstić information content (AvgIpc) is 3.10. The van der Waals surface area contributed by atoms with Gasteiger partial charge in [-0.1, -0.05) is 60.1 Å². The van der Waals surface area contributed by atoms with Gasteiger partial charge in [-0.05, 0) is 23.6 Å². The van der Waals surface area contributed by atoms with Gasteiger partial charge < -0.3 is 15.5 Å². The van der Waals surface area contributed by atoms with Crippen molar-refractivity contribution in [2.45, 2.75) is 38.4 Å². The molecule has 3 amide bonds. The fraction of sp³-hybridized carbons (Fsp3) is 0.423. The van der Waals surface area contributed by atoms with Gasteiger partial charge in [0.15, 0.2) is 0 Å². The van der Waals surface area contributed by atoms with Gasteiger partial charge in [-0.15, -0.1) is 0 Å². The maximum absolute atomic E-state index is 13.0. The molecule has 0 spiro atoms. The van der Waals surface area contributed by atoms with Gasteiger partial charge in [0.2, 0.25) is 17.7 Å². The van der Waals surface area contributed by atoms with E-state index >= 15 is 0 Å². The lowest BCUT2D eigenvalue weighted by Crippen LogP contribution is -2.64. The monoisotopic (exact) mass is 482 g/mol. The van der Waals surface area contributed by atoms with Crippen molar-refractivity contribution in [1.29, 1.82) is 0 Å². The second kappa shape index (κ2) is 10.2. The fourth-order valence-electron chi connectivity index (χ4n) is 5.57. The van der Waals surface area contributed by atoms with E-state index < -0.39 is 5.54 Å². The summed E-state index contributed by atoms with van der Waals surface area (Å²) in [5, 5.41) is 6.79. The normalized spacial score (nSPS) is 24.4. The Bertz CT molecular complexity index is 1060. The Kier molecular flexibility index (Phi) is 7.24. The Labute approximate surface area is 205 Å². The molecule has 0 aliphatic carbocycles. The number of fused-ring (bicyclic) bond motifs is 1. The van der Waals surface area contributed by atoms with Gasteiger partial charge in [0.25, 0.3) is 0 Å². The number of piperidine rings is 1. The van der Waals surface area contributed by atoms with Crippen molar-refractivity contribution in [3.05, 3.63) is 70.7 Å². The minimum absolute atomic E-state index is 0.00429. The third-order valence-electron chi connectivity index (χ3n) is 6.94. The van der Waals surface area contributed by atoms with Crippen LogP contribution in [-0.4, -0.2) is 59.2 Å². The summed E-state index contributed by atoms with van der Waals surface area (Å²) in [4.78, 5) is 41.4. The summed E-state index contributed by atoms with van der Waals surface area (Å²) in [6, 6.07) is 17.5. The Balaban J connectivity index is 1.59. The molecule has 2 aliphatic rings. The van der Waals surface area contributed by atoms with Crippen molar-refractivity contribution in [2.24, 2.45) is 5.92 Å². The minimum atomic E-state index is -0.612. The van der Waals surface area contributed by atoms with Crippen LogP contribution in [0.3, 0.4) is 0 Å². The number of amides is 3. The number of hydrogen-bond acceptors (Lipinski definition) is 4. The van der Waals surface area contributed by atoms with Crippen LogP contribution in [-0.2, 0) is 20.9 Å². The van der Waals surface area contributed by atoms with Crippen LogP contribution in [0.1, 0.15) is 37.4 Å². The van der Waals surface area contributed by atoms with Crippen LogP contribution in [0.15, 0.2) is 54.6 Å². The smallest absolute Gasteiger partial charge is 0.234 e. The van der Waals surface area contributed by atoms with Gasteiger partial charge in [-0.25, -0.2) is 0 Å². The number of likely N-dealkylation sites (tertiary alicyclic amines) is 2. The molecule has 180 valence electrons. The SMILES string of the molecule is CC(=O)N[C@@]12CN(C(C)=O)CC[C@@H]1[C@@H](c1ccccc1)N(CC(=O)NCc1ccccc1Cl)C2. The summed E-state index contributed by atoms with van der Waals surface area (Å²) < 4.78 is 0. The molecule has 34 heavy (non-hydrogen) atoms. The number of nitrogens with zero attached hydrogens (tertiary/aromatic N) is 2. The van der Waals surface area contributed by atoms with Crippen LogP contribution in [0, 0.1) is 5.92 Å². The lowest BCUT2D eigenvalue weighted by atomic mass is 9.75. The van der Waals surface area contributed by atoms with E-state index in [1.54, 1.807) is 17.9 Å². The van der Waals surface area contributed by atoms with Gasteiger partial charge in [-0.2, -0.15) is 0 Å². The molecule has 2 N–H and O–H groups in total. The third-order valence-corrected chi connectivity index (χ3v) is 7.31. The number of benzene rings is 2. The van der Waals surface area contributed by atoms with Crippen LogP contribution < -0.4 is 10.6 Å². The molecule has 0 aromatic heterocycles. The van der Waals surface area contributed by atoms with Crippen LogP contribution in [0.25, 0.3) is 0 Å². The van der Waals surface area contributed by atoms with Crippen molar-refractivity contribution >= 4 is 29.3 Å². The van der Waals surface area contributed by atoms with E-state index in [4.69, 9.17) is 11.6 Å². The Hall–Kier alpha value is -2.90. The van der Waals surface area contributed by atoms with Gasteiger partial charge in [0, 0.05) is 57.0 Å². The average molecular weight is 483 g/mol. The summed E-state index contributed by atoms with van der Waals surface area (Å²) in [6.45, 7) is 5.16.